The Kier molecular flexibility index (Phi) is 4.91. The van der Waals surface area contributed by atoms with Gasteiger partial charge in [-0.05, 0) is 76.4 Å². The maximum atomic E-state index is 4.42. The summed E-state index contributed by atoms with van der Waals surface area (Å²) in [7, 11) is 0. The maximum absolute atomic E-state index is 4.42. The molecule has 0 N–H and O–H groups in total. The van der Waals surface area contributed by atoms with E-state index in [0.29, 0.717) is 0 Å². The lowest BCUT2D eigenvalue weighted by atomic mass is 9.96. The van der Waals surface area contributed by atoms with Crippen molar-refractivity contribution < 1.29 is 0 Å². The van der Waals surface area contributed by atoms with E-state index < -0.39 is 0 Å². The first-order valence-electron chi connectivity index (χ1n) is 7.25. The molecule has 0 heterocycles. The number of allylic oxidation sites excluding steroid dienone is 4. The van der Waals surface area contributed by atoms with E-state index in [-0.39, 0.29) is 0 Å². The van der Waals surface area contributed by atoms with Gasteiger partial charge in [-0.2, -0.15) is 10.2 Å². The van der Waals surface area contributed by atoms with Gasteiger partial charge in [0.2, 0.25) is 0 Å². The van der Waals surface area contributed by atoms with Crippen LogP contribution in [-0.4, -0.2) is 11.4 Å². The molecule has 0 spiro atoms. The highest BCUT2D eigenvalue weighted by Gasteiger charge is 2.08. The molecule has 0 saturated heterocycles. The predicted octanol–water partition coefficient (Wildman–Crippen LogP) is 4.82. The molecule has 2 rings (SSSR count). The first-order chi connectivity index (χ1) is 8.77. The largest absolute Gasteiger partial charge is 0.155 e. The van der Waals surface area contributed by atoms with Crippen LogP contribution in [0.1, 0.15) is 65.2 Å². The van der Waals surface area contributed by atoms with Crippen molar-refractivity contribution in [1.82, 2.24) is 0 Å². The normalized spacial score (nSPS) is 22.6. The number of rotatable bonds is 3. The standard InChI is InChI=1S/C16H24N2/c1-13(15-9-5-3-6-10-15)17-18-14(2)16-11-7-4-8-12-16/h9,11H,3-8,10,12H2,1-2H3/b17-13+,18-14+. The first-order valence-corrected chi connectivity index (χ1v) is 7.25. The summed E-state index contributed by atoms with van der Waals surface area (Å²) in [6.07, 6.45) is 14.7. The second kappa shape index (κ2) is 6.67. The van der Waals surface area contributed by atoms with Gasteiger partial charge >= 0.3 is 0 Å². The number of hydrogen-bond acceptors (Lipinski definition) is 2. The van der Waals surface area contributed by atoms with Crippen molar-refractivity contribution >= 4 is 11.4 Å². The van der Waals surface area contributed by atoms with E-state index >= 15 is 0 Å². The van der Waals surface area contributed by atoms with Crippen LogP contribution in [0.5, 0.6) is 0 Å². The molecule has 0 radical (unpaired) electrons. The lowest BCUT2D eigenvalue weighted by Gasteiger charge is -2.12. The van der Waals surface area contributed by atoms with Crippen molar-refractivity contribution in [2.45, 2.75) is 65.2 Å². The highest BCUT2D eigenvalue weighted by molar-refractivity contribution is 6.01. The van der Waals surface area contributed by atoms with Crippen molar-refractivity contribution in [1.29, 1.82) is 0 Å². The topological polar surface area (TPSA) is 24.7 Å². The fourth-order valence-corrected chi connectivity index (χ4v) is 2.61. The lowest BCUT2D eigenvalue weighted by molar-refractivity contribution is 0.715. The van der Waals surface area contributed by atoms with Gasteiger partial charge in [-0.1, -0.05) is 12.2 Å². The summed E-state index contributed by atoms with van der Waals surface area (Å²) >= 11 is 0. The molecule has 0 fully saturated rings. The Morgan fingerprint density at radius 3 is 1.56 bits per heavy atom. The Balaban J connectivity index is 2.03. The van der Waals surface area contributed by atoms with Crippen LogP contribution in [0.4, 0.5) is 0 Å². The van der Waals surface area contributed by atoms with E-state index in [1.54, 1.807) is 0 Å². The fraction of sp³-hybridized carbons (Fsp3) is 0.625. The fourth-order valence-electron chi connectivity index (χ4n) is 2.61. The minimum Gasteiger partial charge on any atom is -0.155 e. The van der Waals surface area contributed by atoms with Crippen LogP contribution in [0.15, 0.2) is 33.5 Å². The minimum absolute atomic E-state index is 1.10. The molecule has 0 aromatic carbocycles. The van der Waals surface area contributed by atoms with Crippen LogP contribution in [-0.2, 0) is 0 Å². The van der Waals surface area contributed by atoms with Gasteiger partial charge < -0.3 is 0 Å². The summed E-state index contributed by atoms with van der Waals surface area (Å²) < 4.78 is 0. The number of hydrogen-bond donors (Lipinski definition) is 0. The highest BCUT2D eigenvalue weighted by Crippen LogP contribution is 2.20. The molecule has 0 atom stereocenters. The Hall–Kier alpha value is -1.18. The second-order valence-electron chi connectivity index (χ2n) is 5.32. The van der Waals surface area contributed by atoms with Crippen LogP contribution in [0.25, 0.3) is 0 Å². The summed E-state index contributed by atoms with van der Waals surface area (Å²) in [5, 5.41) is 8.84. The molecule has 0 unspecified atom stereocenters. The molecule has 2 aliphatic rings. The van der Waals surface area contributed by atoms with Gasteiger partial charge in [0.25, 0.3) is 0 Å². The van der Waals surface area contributed by atoms with Crippen LogP contribution < -0.4 is 0 Å². The number of nitrogens with zero attached hydrogens (tertiary/aromatic N) is 2. The molecule has 0 aromatic heterocycles. The molecule has 0 amide bonds. The Labute approximate surface area is 111 Å². The van der Waals surface area contributed by atoms with E-state index in [4.69, 9.17) is 0 Å². The zero-order valence-corrected chi connectivity index (χ0v) is 11.7. The van der Waals surface area contributed by atoms with E-state index in [9.17, 15) is 0 Å². The third-order valence-corrected chi connectivity index (χ3v) is 3.86. The molecular formula is C16H24N2. The van der Waals surface area contributed by atoms with E-state index in [0.717, 1.165) is 11.4 Å². The average molecular weight is 244 g/mol. The van der Waals surface area contributed by atoms with Gasteiger partial charge in [0.1, 0.15) is 0 Å². The lowest BCUT2D eigenvalue weighted by Crippen LogP contribution is -2.04. The first kappa shape index (κ1) is 13.3. The summed E-state index contributed by atoms with van der Waals surface area (Å²) in [6, 6.07) is 0. The third kappa shape index (κ3) is 3.66. The van der Waals surface area contributed by atoms with Gasteiger partial charge in [-0.25, -0.2) is 0 Å². The molecule has 0 saturated carbocycles. The molecule has 0 bridgehead atoms. The van der Waals surface area contributed by atoms with Gasteiger partial charge in [0, 0.05) is 0 Å². The Morgan fingerprint density at radius 2 is 1.22 bits per heavy atom. The van der Waals surface area contributed by atoms with Crippen molar-refractivity contribution in [3.8, 4) is 0 Å². The van der Waals surface area contributed by atoms with Crippen LogP contribution in [0.2, 0.25) is 0 Å². The van der Waals surface area contributed by atoms with Crippen molar-refractivity contribution in [2.24, 2.45) is 10.2 Å². The molecule has 2 heteroatoms. The minimum atomic E-state index is 1.10. The van der Waals surface area contributed by atoms with E-state index in [1.165, 1.54) is 62.5 Å². The van der Waals surface area contributed by atoms with Gasteiger partial charge in [0.05, 0.1) is 11.4 Å². The van der Waals surface area contributed by atoms with Gasteiger partial charge in [0.15, 0.2) is 0 Å². The molecule has 2 nitrogen and oxygen atoms in total. The van der Waals surface area contributed by atoms with Crippen molar-refractivity contribution in [3.63, 3.8) is 0 Å². The zero-order chi connectivity index (χ0) is 12.8. The van der Waals surface area contributed by atoms with Crippen molar-refractivity contribution in [2.75, 3.05) is 0 Å². The van der Waals surface area contributed by atoms with Crippen LogP contribution >= 0.6 is 0 Å². The third-order valence-electron chi connectivity index (χ3n) is 3.86. The maximum Gasteiger partial charge on any atom is 0.0628 e. The molecule has 0 aromatic rings. The zero-order valence-electron chi connectivity index (χ0n) is 11.7. The van der Waals surface area contributed by atoms with Gasteiger partial charge in [-0.3, -0.25) is 0 Å². The Bertz CT molecular complexity index is 371. The smallest absolute Gasteiger partial charge is 0.0628 e. The average Bonchev–Trinajstić information content (AvgIpc) is 2.46. The summed E-state index contributed by atoms with van der Waals surface area (Å²) in [5.41, 5.74) is 5.00. The molecule has 18 heavy (non-hydrogen) atoms. The van der Waals surface area contributed by atoms with E-state index in [2.05, 4.69) is 36.2 Å². The molecular weight excluding hydrogens is 220 g/mol. The molecule has 0 aliphatic heterocycles. The van der Waals surface area contributed by atoms with Crippen LogP contribution in [0.3, 0.4) is 0 Å². The predicted molar refractivity (Wildman–Crippen MR) is 79.3 cm³/mol. The summed E-state index contributed by atoms with van der Waals surface area (Å²) in [4.78, 5) is 0. The molecule has 98 valence electrons. The van der Waals surface area contributed by atoms with Crippen LogP contribution in [0, 0.1) is 0 Å². The molecule has 2 aliphatic carbocycles. The monoisotopic (exact) mass is 244 g/mol. The SMILES string of the molecule is C/C(=N\N=C(/C)C1=CCCCC1)C1=CCCCC1. The van der Waals surface area contributed by atoms with E-state index in [1.807, 2.05) is 0 Å². The summed E-state index contributed by atoms with van der Waals surface area (Å²) in [6.45, 7) is 4.17. The van der Waals surface area contributed by atoms with Gasteiger partial charge in [-0.15, -0.1) is 0 Å². The second-order valence-corrected chi connectivity index (χ2v) is 5.32. The van der Waals surface area contributed by atoms with Crippen molar-refractivity contribution in [3.05, 3.63) is 23.3 Å². The Morgan fingerprint density at radius 1 is 0.778 bits per heavy atom. The quantitative estimate of drug-likeness (QED) is 0.502. The summed E-state index contributed by atoms with van der Waals surface area (Å²) in [5.74, 6) is 0. The highest BCUT2D eigenvalue weighted by atomic mass is 15.2.